The second-order valence-electron chi connectivity index (χ2n) is 13.0. The molecule has 298 valence electrons. The summed E-state index contributed by atoms with van der Waals surface area (Å²) in [4.78, 5) is 14.0. The van der Waals surface area contributed by atoms with Crippen molar-refractivity contribution in [2.45, 2.75) is 99.0 Å². The standard InChI is InChI=1S/C33H40O21/c1-9-17(38)29(53-31-24(45)22(43)18(39)14(7-34)50-31)26(47)33(48-9)49-13-6-12(37)16-21(42)30(54-32-25(46)23(44)19(40)15(8-35)51-32)27(52-28(16)20(13)41)10-2-4-11(36)5-3-10/h2-6,9,14-15,17-19,22-26,29,31-41,43-47H,7-8H2,1H3/t9-,14+,15+,17-,18+,19+,22-,23-,24+,25+,26+,29+,31-,32-,33-/m0/s1. The van der Waals surface area contributed by atoms with Crippen LogP contribution in [0.1, 0.15) is 6.92 Å². The van der Waals surface area contributed by atoms with Crippen molar-refractivity contribution in [3.8, 4) is 40.1 Å². The lowest BCUT2D eigenvalue weighted by molar-refractivity contribution is -0.350. The van der Waals surface area contributed by atoms with Gasteiger partial charge in [0.15, 0.2) is 23.4 Å². The minimum absolute atomic E-state index is 0.0265. The number of hydrogen-bond acceptors (Lipinski definition) is 21. The zero-order valence-electron chi connectivity index (χ0n) is 28.0. The van der Waals surface area contributed by atoms with E-state index < -0.39 is 150 Å². The third-order valence-corrected chi connectivity index (χ3v) is 9.42. The summed E-state index contributed by atoms with van der Waals surface area (Å²) >= 11 is 0. The molecule has 0 aliphatic carbocycles. The zero-order chi connectivity index (χ0) is 39.3. The molecule has 3 aliphatic rings. The van der Waals surface area contributed by atoms with Gasteiger partial charge in [0.2, 0.25) is 29.5 Å². The third kappa shape index (κ3) is 7.15. The summed E-state index contributed by atoms with van der Waals surface area (Å²) < 4.78 is 39.1. The molecule has 3 saturated heterocycles. The molecule has 3 aromatic rings. The van der Waals surface area contributed by atoms with Crippen molar-refractivity contribution < 1.29 is 99.2 Å². The first-order valence-corrected chi connectivity index (χ1v) is 16.5. The number of hydrogen-bond donors (Lipinski definition) is 13. The van der Waals surface area contributed by atoms with Crippen LogP contribution in [0.5, 0.6) is 28.7 Å². The van der Waals surface area contributed by atoms with Crippen molar-refractivity contribution in [2.24, 2.45) is 0 Å². The van der Waals surface area contributed by atoms with Crippen LogP contribution in [0.15, 0.2) is 39.5 Å². The average molecular weight is 773 g/mol. The lowest BCUT2D eigenvalue weighted by Gasteiger charge is -2.45. The number of phenolic OH excluding ortho intramolecular Hbond substituents is 3. The van der Waals surface area contributed by atoms with E-state index in [9.17, 15) is 71.2 Å². The highest BCUT2D eigenvalue weighted by molar-refractivity contribution is 5.93. The number of aliphatic hydroxyl groups is 10. The Hall–Kier alpha value is -3.91. The Balaban J connectivity index is 1.36. The summed E-state index contributed by atoms with van der Waals surface area (Å²) in [6.45, 7) is -0.270. The normalized spacial score (nSPS) is 37.3. The number of fused-ring (bicyclic) bond motifs is 1. The van der Waals surface area contributed by atoms with Crippen LogP contribution < -0.4 is 14.9 Å². The molecule has 0 spiro atoms. The lowest BCUT2D eigenvalue weighted by atomic mass is 9.97. The van der Waals surface area contributed by atoms with Gasteiger partial charge in [-0.15, -0.1) is 0 Å². The molecule has 21 heteroatoms. The summed E-state index contributed by atoms with van der Waals surface area (Å²) in [6.07, 6.45) is -25.9. The predicted molar refractivity (Wildman–Crippen MR) is 173 cm³/mol. The van der Waals surface area contributed by atoms with Crippen LogP contribution in [0, 0.1) is 0 Å². The first kappa shape index (κ1) is 39.8. The molecular weight excluding hydrogens is 732 g/mol. The summed E-state index contributed by atoms with van der Waals surface area (Å²) in [5, 5.41) is 134. The van der Waals surface area contributed by atoms with Gasteiger partial charge >= 0.3 is 0 Å². The number of aliphatic hydroxyl groups excluding tert-OH is 10. The molecule has 21 nitrogen and oxygen atoms in total. The van der Waals surface area contributed by atoms with E-state index in [1.165, 1.54) is 31.2 Å². The van der Waals surface area contributed by atoms with Crippen LogP contribution in [0.2, 0.25) is 0 Å². The van der Waals surface area contributed by atoms with Gasteiger partial charge in [-0.3, -0.25) is 4.79 Å². The Morgan fingerprint density at radius 3 is 1.81 bits per heavy atom. The van der Waals surface area contributed by atoms with Gasteiger partial charge in [0.05, 0.1) is 19.3 Å². The maximum Gasteiger partial charge on any atom is 0.239 e. The summed E-state index contributed by atoms with van der Waals surface area (Å²) in [6, 6.07) is 5.69. The SMILES string of the molecule is C[C@@H]1O[C@@H](Oc2cc(O)c3c(=O)c(O[C@@H]4O[C@H](CO)[C@@H](O)[C@H](O)[C@H]4O)c(-c4ccc(O)cc4)oc3c2O)[C@H](O)[C@H](O[C@@H]2O[C@H](CO)[C@@H](O)[C@H](O)[C@H]2O)[C@H]1O. The fraction of sp³-hybridized carbons (Fsp3) is 0.545. The maximum absolute atomic E-state index is 14.0. The van der Waals surface area contributed by atoms with E-state index in [4.69, 9.17) is 32.8 Å². The molecule has 15 atom stereocenters. The van der Waals surface area contributed by atoms with E-state index in [0.29, 0.717) is 0 Å². The van der Waals surface area contributed by atoms with Crippen LogP contribution in [0.3, 0.4) is 0 Å². The van der Waals surface area contributed by atoms with E-state index in [0.717, 1.165) is 6.07 Å². The minimum Gasteiger partial charge on any atom is -0.508 e. The molecular formula is C33H40O21. The largest absolute Gasteiger partial charge is 0.508 e. The van der Waals surface area contributed by atoms with Crippen molar-refractivity contribution in [2.75, 3.05) is 13.2 Å². The van der Waals surface area contributed by atoms with Crippen molar-refractivity contribution >= 4 is 11.0 Å². The quantitative estimate of drug-likeness (QED) is 0.0917. The average Bonchev–Trinajstić information content (AvgIpc) is 3.15. The summed E-state index contributed by atoms with van der Waals surface area (Å²) in [7, 11) is 0. The lowest BCUT2D eigenvalue weighted by Crippen LogP contribution is -2.64. The zero-order valence-corrected chi connectivity index (χ0v) is 28.0. The topological polar surface area (TPSA) is 349 Å². The second-order valence-corrected chi connectivity index (χ2v) is 13.0. The van der Waals surface area contributed by atoms with E-state index in [2.05, 4.69) is 0 Å². The van der Waals surface area contributed by atoms with Gasteiger partial charge in [-0.05, 0) is 31.2 Å². The van der Waals surface area contributed by atoms with Crippen molar-refractivity contribution in [3.05, 3.63) is 40.6 Å². The van der Waals surface area contributed by atoms with Crippen LogP contribution in [0.25, 0.3) is 22.3 Å². The summed E-state index contributed by atoms with van der Waals surface area (Å²) in [5.74, 6) is -3.91. The van der Waals surface area contributed by atoms with Crippen LogP contribution in [0.4, 0.5) is 0 Å². The van der Waals surface area contributed by atoms with Crippen LogP contribution >= 0.6 is 0 Å². The van der Waals surface area contributed by atoms with Gasteiger partial charge in [-0.2, -0.15) is 0 Å². The molecule has 0 unspecified atom stereocenters. The number of phenols is 3. The highest BCUT2D eigenvalue weighted by atomic mass is 16.7. The molecule has 1 aromatic heterocycles. The van der Waals surface area contributed by atoms with Crippen LogP contribution in [-0.2, 0) is 18.9 Å². The molecule has 54 heavy (non-hydrogen) atoms. The van der Waals surface area contributed by atoms with Crippen molar-refractivity contribution in [1.29, 1.82) is 0 Å². The molecule has 2 aromatic carbocycles. The van der Waals surface area contributed by atoms with Gasteiger partial charge in [0, 0.05) is 11.6 Å². The van der Waals surface area contributed by atoms with Crippen molar-refractivity contribution in [3.63, 3.8) is 0 Å². The summed E-state index contributed by atoms with van der Waals surface area (Å²) in [5.41, 5.74) is -1.86. The highest BCUT2D eigenvalue weighted by Gasteiger charge is 2.51. The molecule has 4 heterocycles. The van der Waals surface area contributed by atoms with Gasteiger partial charge in [-0.1, -0.05) is 0 Å². The van der Waals surface area contributed by atoms with E-state index in [-0.39, 0.29) is 11.3 Å². The van der Waals surface area contributed by atoms with E-state index >= 15 is 0 Å². The monoisotopic (exact) mass is 772 g/mol. The molecule has 0 bridgehead atoms. The minimum atomic E-state index is -1.97. The first-order chi connectivity index (χ1) is 25.6. The second kappa shape index (κ2) is 15.7. The Kier molecular flexibility index (Phi) is 11.5. The maximum atomic E-state index is 14.0. The molecule has 0 saturated carbocycles. The molecule has 3 fully saturated rings. The number of rotatable bonds is 9. The Morgan fingerprint density at radius 2 is 1.22 bits per heavy atom. The fourth-order valence-electron chi connectivity index (χ4n) is 6.29. The number of aromatic hydroxyl groups is 3. The fourth-order valence-corrected chi connectivity index (χ4v) is 6.29. The van der Waals surface area contributed by atoms with Gasteiger partial charge in [0.1, 0.15) is 84.0 Å². The van der Waals surface area contributed by atoms with Gasteiger partial charge in [0.25, 0.3) is 0 Å². The van der Waals surface area contributed by atoms with Crippen molar-refractivity contribution in [1.82, 2.24) is 0 Å². The number of ether oxygens (including phenoxy) is 6. The molecule has 0 amide bonds. The highest BCUT2D eigenvalue weighted by Crippen LogP contribution is 2.44. The Bertz CT molecular complexity index is 1830. The molecule has 0 radical (unpaired) electrons. The smallest absolute Gasteiger partial charge is 0.239 e. The van der Waals surface area contributed by atoms with E-state index in [1.54, 1.807) is 0 Å². The van der Waals surface area contributed by atoms with Crippen LogP contribution in [-0.4, -0.2) is 172 Å². The Labute approximate surface area is 303 Å². The predicted octanol–water partition coefficient (Wildman–Crippen LogP) is -4.21. The number of benzene rings is 2. The molecule has 13 N–H and O–H groups in total. The van der Waals surface area contributed by atoms with Gasteiger partial charge in [-0.25, -0.2) is 0 Å². The molecule has 6 rings (SSSR count). The first-order valence-electron chi connectivity index (χ1n) is 16.5. The Morgan fingerprint density at radius 1 is 0.667 bits per heavy atom. The van der Waals surface area contributed by atoms with Gasteiger partial charge < -0.3 is 99.2 Å². The molecule has 3 aliphatic heterocycles. The third-order valence-electron chi connectivity index (χ3n) is 9.42. The van der Waals surface area contributed by atoms with E-state index in [1.807, 2.05) is 0 Å².